The molecule has 0 bridgehead atoms. The van der Waals surface area contributed by atoms with Crippen LogP contribution in [0.1, 0.15) is 16.1 Å². The summed E-state index contributed by atoms with van der Waals surface area (Å²) < 4.78 is 20.2. The van der Waals surface area contributed by atoms with Gasteiger partial charge in [0.2, 0.25) is 5.69 Å². The largest absolute Gasteiger partial charge is 0.476 e. The van der Waals surface area contributed by atoms with E-state index in [1.807, 2.05) is 0 Å². The lowest BCUT2D eigenvalue weighted by molar-refractivity contribution is 0.0691. The minimum atomic E-state index is -1.22. The van der Waals surface area contributed by atoms with Gasteiger partial charge in [-0.25, -0.2) is 13.9 Å². The van der Waals surface area contributed by atoms with Crippen molar-refractivity contribution in [1.29, 1.82) is 0 Å². The van der Waals surface area contributed by atoms with E-state index in [2.05, 4.69) is 10.3 Å². The number of benzene rings is 1. The fraction of sp³-hybridized carbons (Fsp3) is 0.0714. The van der Waals surface area contributed by atoms with Crippen molar-refractivity contribution in [2.24, 2.45) is 0 Å². The summed E-state index contributed by atoms with van der Waals surface area (Å²) >= 11 is 0. The summed E-state index contributed by atoms with van der Waals surface area (Å²) in [5, 5.41) is 16.6. The number of aromatic nitrogens is 3. The van der Waals surface area contributed by atoms with Crippen molar-refractivity contribution in [3.8, 4) is 11.5 Å². The summed E-state index contributed by atoms with van der Waals surface area (Å²) in [6, 6.07) is 9.43. The predicted molar refractivity (Wildman–Crippen MR) is 70.2 cm³/mol. The second-order valence-electron chi connectivity index (χ2n) is 4.32. The lowest BCUT2D eigenvalue weighted by Crippen LogP contribution is -2.07. The zero-order chi connectivity index (χ0) is 14.8. The smallest absolute Gasteiger partial charge is 0.358 e. The first-order chi connectivity index (χ1) is 10.2. The average Bonchev–Trinajstić information content (AvgIpc) is 3.09. The molecule has 21 heavy (non-hydrogen) atoms. The van der Waals surface area contributed by atoms with Crippen molar-refractivity contribution in [2.45, 2.75) is 6.54 Å². The molecule has 0 radical (unpaired) electrons. The lowest BCUT2D eigenvalue weighted by Gasteiger charge is -2.06. The molecule has 2 heterocycles. The first-order valence-corrected chi connectivity index (χ1v) is 6.11. The van der Waals surface area contributed by atoms with E-state index in [1.54, 1.807) is 30.3 Å². The highest BCUT2D eigenvalue weighted by molar-refractivity contribution is 5.91. The van der Waals surface area contributed by atoms with Crippen molar-refractivity contribution < 1.29 is 18.7 Å². The van der Waals surface area contributed by atoms with Crippen LogP contribution in [0.5, 0.6) is 0 Å². The van der Waals surface area contributed by atoms with Gasteiger partial charge in [-0.15, -0.1) is 5.10 Å². The van der Waals surface area contributed by atoms with Gasteiger partial charge in [0.25, 0.3) is 0 Å². The van der Waals surface area contributed by atoms with Crippen LogP contribution >= 0.6 is 0 Å². The Bertz CT molecular complexity index is 781. The predicted octanol–water partition coefficient (Wildman–Crippen LogP) is 2.42. The van der Waals surface area contributed by atoms with Crippen molar-refractivity contribution in [1.82, 2.24) is 15.0 Å². The molecule has 0 unspecified atom stereocenters. The molecule has 1 aromatic carbocycles. The molecule has 0 aliphatic carbocycles. The van der Waals surface area contributed by atoms with Gasteiger partial charge in [0.1, 0.15) is 11.5 Å². The Labute approximate surface area is 118 Å². The van der Waals surface area contributed by atoms with Gasteiger partial charge < -0.3 is 9.52 Å². The van der Waals surface area contributed by atoms with E-state index in [4.69, 9.17) is 9.52 Å². The maximum absolute atomic E-state index is 13.7. The molecule has 0 spiro atoms. The first kappa shape index (κ1) is 13.0. The molecule has 0 saturated heterocycles. The highest BCUT2D eigenvalue weighted by Crippen LogP contribution is 2.24. The van der Waals surface area contributed by atoms with Crippen LogP contribution in [0.25, 0.3) is 11.5 Å². The highest BCUT2D eigenvalue weighted by Gasteiger charge is 2.23. The summed E-state index contributed by atoms with van der Waals surface area (Å²) in [5.41, 5.74) is 0.351. The number of hydrogen-bond donors (Lipinski definition) is 1. The van der Waals surface area contributed by atoms with Crippen LogP contribution in [-0.2, 0) is 6.54 Å². The number of furan rings is 1. The fourth-order valence-electron chi connectivity index (χ4n) is 2.01. The minimum Gasteiger partial charge on any atom is -0.476 e. The molecule has 0 fully saturated rings. The summed E-state index contributed by atoms with van der Waals surface area (Å²) in [5.74, 6) is -1.30. The van der Waals surface area contributed by atoms with E-state index in [1.165, 1.54) is 17.0 Å². The SMILES string of the molecule is O=C(O)c1nnn(Cc2ccccc2F)c1-c1ccco1. The summed E-state index contributed by atoms with van der Waals surface area (Å²) in [6.45, 7) is 0.0585. The Kier molecular flexibility index (Phi) is 3.23. The quantitative estimate of drug-likeness (QED) is 0.797. The van der Waals surface area contributed by atoms with Gasteiger partial charge in [0.15, 0.2) is 5.76 Å². The Balaban J connectivity index is 2.08. The van der Waals surface area contributed by atoms with Gasteiger partial charge in [0, 0.05) is 5.56 Å². The van der Waals surface area contributed by atoms with Crippen molar-refractivity contribution >= 4 is 5.97 Å². The standard InChI is InChI=1S/C14H10FN3O3/c15-10-5-2-1-4-9(10)8-18-13(11-6-3-7-21-11)12(14(19)20)16-17-18/h1-7H,8H2,(H,19,20). The molecule has 7 heteroatoms. The molecular formula is C14H10FN3O3. The Morgan fingerprint density at radius 1 is 1.29 bits per heavy atom. The number of halogens is 1. The zero-order valence-corrected chi connectivity index (χ0v) is 10.7. The minimum absolute atomic E-state index is 0.0585. The Hall–Kier alpha value is -2.96. The van der Waals surface area contributed by atoms with Gasteiger partial charge in [-0.3, -0.25) is 0 Å². The second kappa shape index (κ2) is 5.20. The van der Waals surface area contributed by atoms with Crippen LogP contribution in [0.3, 0.4) is 0 Å². The molecule has 3 aromatic rings. The topological polar surface area (TPSA) is 81.1 Å². The number of rotatable bonds is 4. The Morgan fingerprint density at radius 2 is 2.10 bits per heavy atom. The van der Waals surface area contributed by atoms with E-state index < -0.39 is 11.8 Å². The summed E-state index contributed by atoms with van der Waals surface area (Å²) in [4.78, 5) is 11.2. The third kappa shape index (κ3) is 2.40. The second-order valence-corrected chi connectivity index (χ2v) is 4.32. The number of carboxylic acid groups (broad SMARTS) is 1. The van der Waals surface area contributed by atoms with E-state index in [0.717, 1.165) is 0 Å². The molecule has 2 aromatic heterocycles. The van der Waals surface area contributed by atoms with E-state index in [0.29, 0.717) is 11.3 Å². The zero-order valence-electron chi connectivity index (χ0n) is 10.7. The fourth-order valence-corrected chi connectivity index (χ4v) is 2.01. The van der Waals surface area contributed by atoms with Crippen LogP contribution < -0.4 is 0 Å². The van der Waals surface area contributed by atoms with Crippen LogP contribution in [-0.4, -0.2) is 26.1 Å². The molecule has 0 atom stereocenters. The third-order valence-corrected chi connectivity index (χ3v) is 2.97. The molecule has 0 saturated carbocycles. The van der Waals surface area contributed by atoms with E-state index >= 15 is 0 Å². The number of carbonyl (C=O) groups is 1. The summed E-state index contributed by atoms with van der Waals surface area (Å²) in [7, 11) is 0. The molecule has 0 amide bonds. The van der Waals surface area contributed by atoms with Crippen molar-refractivity contribution in [2.75, 3.05) is 0 Å². The molecule has 6 nitrogen and oxygen atoms in total. The summed E-state index contributed by atoms with van der Waals surface area (Å²) in [6.07, 6.45) is 1.42. The maximum atomic E-state index is 13.7. The van der Waals surface area contributed by atoms with E-state index in [9.17, 15) is 9.18 Å². The van der Waals surface area contributed by atoms with Crippen molar-refractivity contribution in [3.63, 3.8) is 0 Å². The molecule has 1 N–H and O–H groups in total. The van der Waals surface area contributed by atoms with Gasteiger partial charge in [0.05, 0.1) is 12.8 Å². The maximum Gasteiger partial charge on any atom is 0.358 e. The van der Waals surface area contributed by atoms with Crippen LogP contribution in [0.2, 0.25) is 0 Å². The molecule has 106 valence electrons. The number of carboxylic acids is 1. The average molecular weight is 287 g/mol. The van der Waals surface area contributed by atoms with Crippen LogP contribution in [0, 0.1) is 5.82 Å². The van der Waals surface area contributed by atoms with Crippen LogP contribution in [0.4, 0.5) is 4.39 Å². The van der Waals surface area contributed by atoms with Gasteiger partial charge >= 0.3 is 5.97 Å². The third-order valence-electron chi connectivity index (χ3n) is 2.97. The lowest BCUT2D eigenvalue weighted by atomic mass is 10.2. The number of hydrogen-bond acceptors (Lipinski definition) is 4. The van der Waals surface area contributed by atoms with E-state index in [-0.39, 0.29) is 17.9 Å². The van der Waals surface area contributed by atoms with Gasteiger partial charge in [-0.1, -0.05) is 23.4 Å². The Morgan fingerprint density at radius 3 is 2.76 bits per heavy atom. The molecule has 0 aliphatic rings. The van der Waals surface area contributed by atoms with Gasteiger partial charge in [-0.05, 0) is 18.2 Å². The number of nitrogens with zero attached hydrogens (tertiary/aromatic N) is 3. The number of aromatic carboxylic acids is 1. The molecular weight excluding hydrogens is 277 g/mol. The van der Waals surface area contributed by atoms with Gasteiger partial charge in [-0.2, -0.15) is 0 Å². The highest BCUT2D eigenvalue weighted by atomic mass is 19.1. The van der Waals surface area contributed by atoms with Crippen LogP contribution in [0.15, 0.2) is 47.1 Å². The first-order valence-electron chi connectivity index (χ1n) is 6.11. The molecule has 3 rings (SSSR count). The molecule has 0 aliphatic heterocycles. The monoisotopic (exact) mass is 287 g/mol. The van der Waals surface area contributed by atoms with Crippen molar-refractivity contribution in [3.05, 3.63) is 59.7 Å². The normalized spacial score (nSPS) is 10.7.